The summed E-state index contributed by atoms with van der Waals surface area (Å²) in [7, 11) is 0. The fraction of sp³-hybridized carbons (Fsp3) is 0.533. The molecule has 1 saturated heterocycles. The molecule has 1 aliphatic rings. The Kier molecular flexibility index (Phi) is 4.02. The minimum atomic E-state index is 0.0525. The maximum Gasteiger partial charge on any atom is 0.251 e. The molecule has 0 aliphatic carbocycles. The molecule has 0 aromatic heterocycles. The molecule has 2 rings (SSSR count). The van der Waals surface area contributed by atoms with Gasteiger partial charge in [-0.2, -0.15) is 0 Å². The molecule has 2 N–H and O–H groups in total. The van der Waals surface area contributed by atoms with E-state index in [-0.39, 0.29) is 11.9 Å². The van der Waals surface area contributed by atoms with Crippen LogP contribution in [0.15, 0.2) is 18.2 Å². The average Bonchev–Trinajstić information content (AvgIpc) is 2.35. The third-order valence-electron chi connectivity index (χ3n) is 3.72. The predicted octanol–water partition coefficient (Wildman–Crippen LogP) is 2.17. The van der Waals surface area contributed by atoms with Crippen molar-refractivity contribution in [1.29, 1.82) is 0 Å². The molecule has 18 heavy (non-hydrogen) atoms. The van der Waals surface area contributed by atoms with Crippen LogP contribution in [-0.2, 0) is 0 Å². The van der Waals surface area contributed by atoms with E-state index in [2.05, 4.69) is 17.6 Å². The van der Waals surface area contributed by atoms with E-state index in [9.17, 15) is 4.79 Å². The lowest BCUT2D eigenvalue weighted by Gasteiger charge is -2.30. The second-order valence-corrected chi connectivity index (χ2v) is 5.28. The number of carbonyl (C=O) groups is 1. The Hall–Kier alpha value is -1.35. The normalized spacial score (nSPS) is 23.7. The van der Waals surface area contributed by atoms with Gasteiger partial charge in [0, 0.05) is 17.6 Å². The van der Waals surface area contributed by atoms with Crippen molar-refractivity contribution in [2.45, 2.75) is 45.7 Å². The minimum absolute atomic E-state index is 0.0525. The Morgan fingerprint density at radius 1 is 1.39 bits per heavy atom. The zero-order chi connectivity index (χ0) is 13.1. The van der Waals surface area contributed by atoms with Crippen LogP contribution < -0.4 is 10.6 Å². The van der Waals surface area contributed by atoms with Gasteiger partial charge in [0.1, 0.15) is 0 Å². The molecule has 1 aromatic rings. The number of piperidine rings is 1. The molecule has 1 aromatic carbocycles. The number of hydrogen-bond acceptors (Lipinski definition) is 2. The fourth-order valence-corrected chi connectivity index (χ4v) is 2.47. The first-order chi connectivity index (χ1) is 8.58. The Balaban J connectivity index is 2.09. The van der Waals surface area contributed by atoms with Gasteiger partial charge in [-0.25, -0.2) is 0 Å². The van der Waals surface area contributed by atoms with Crippen LogP contribution >= 0.6 is 0 Å². The highest BCUT2D eigenvalue weighted by Crippen LogP contribution is 2.13. The topological polar surface area (TPSA) is 41.1 Å². The first kappa shape index (κ1) is 13.1. The zero-order valence-corrected chi connectivity index (χ0v) is 11.4. The second kappa shape index (κ2) is 5.53. The zero-order valence-electron chi connectivity index (χ0n) is 11.4. The maximum atomic E-state index is 12.3. The minimum Gasteiger partial charge on any atom is -0.348 e. The van der Waals surface area contributed by atoms with E-state index in [0.717, 1.165) is 36.1 Å². The Morgan fingerprint density at radius 3 is 2.89 bits per heavy atom. The highest BCUT2D eigenvalue weighted by atomic mass is 16.1. The molecule has 0 spiro atoms. The number of carbonyl (C=O) groups excluding carboxylic acids is 1. The largest absolute Gasteiger partial charge is 0.348 e. The summed E-state index contributed by atoms with van der Waals surface area (Å²) < 4.78 is 0. The van der Waals surface area contributed by atoms with Crippen molar-refractivity contribution in [1.82, 2.24) is 10.6 Å². The molecule has 3 nitrogen and oxygen atoms in total. The maximum absolute atomic E-state index is 12.3. The molecule has 3 heteroatoms. The van der Waals surface area contributed by atoms with Gasteiger partial charge in [0.05, 0.1) is 0 Å². The van der Waals surface area contributed by atoms with Gasteiger partial charge in [0.15, 0.2) is 0 Å². The number of hydrogen-bond donors (Lipinski definition) is 2. The Bertz CT molecular complexity index is 442. The molecular weight excluding hydrogens is 224 g/mol. The van der Waals surface area contributed by atoms with Gasteiger partial charge in [-0.15, -0.1) is 0 Å². The molecule has 2 atom stereocenters. The van der Waals surface area contributed by atoms with Crippen molar-refractivity contribution in [3.05, 3.63) is 34.9 Å². The number of rotatable bonds is 2. The van der Waals surface area contributed by atoms with Gasteiger partial charge in [0.2, 0.25) is 0 Å². The molecule has 1 aliphatic heterocycles. The van der Waals surface area contributed by atoms with Crippen LogP contribution in [0.2, 0.25) is 0 Å². The average molecular weight is 246 g/mol. The number of aryl methyl sites for hydroxylation is 2. The SMILES string of the molecule is Cc1ccc(C)c(C(=O)N[C@@H]2CCCN[C@@H]2C)c1. The number of benzene rings is 1. The summed E-state index contributed by atoms with van der Waals surface area (Å²) in [6.45, 7) is 7.18. The summed E-state index contributed by atoms with van der Waals surface area (Å²) in [4.78, 5) is 12.3. The summed E-state index contributed by atoms with van der Waals surface area (Å²) in [5, 5.41) is 6.55. The second-order valence-electron chi connectivity index (χ2n) is 5.28. The highest BCUT2D eigenvalue weighted by molar-refractivity contribution is 5.96. The van der Waals surface area contributed by atoms with E-state index in [1.165, 1.54) is 0 Å². The fourth-order valence-electron chi connectivity index (χ4n) is 2.47. The molecule has 0 radical (unpaired) electrons. The first-order valence-corrected chi connectivity index (χ1v) is 6.69. The summed E-state index contributed by atoms with van der Waals surface area (Å²) in [5.74, 6) is 0.0525. The van der Waals surface area contributed by atoms with Crippen LogP contribution in [-0.4, -0.2) is 24.5 Å². The lowest BCUT2D eigenvalue weighted by Crippen LogP contribution is -2.52. The van der Waals surface area contributed by atoms with E-state index >= 15 is 0 Å². The first-order valence-electron chi connectivity index (χ1n) is 6.69. The van der Waals surface area contributed by atoms with Crippen molar-refractivity contribution < 1.29 is 4.79 Å². The molecule has 0 unspecified atom stereocenters. The number of amides is 1. The van der Waals surface area contributed by atoms with Crippen LogP contribution in [0.4, 0.5) is 0 Å². The smallest absolute Gasteiger partial charge is 0.251 e. The Labute approximate surface area is 109 Å². The molecule has 0 bridgehead atoms. The van der Waals surface area contributed by atoms with Gasteiger partial charge in [-0.1, -0.05) is 17.7 Å². The van der Waals surface area contributed by atoms with E-state index in [1.54, 1.807) is 0 Å². The monoisotopic (exact) mass is 246 g/mol. The van der Waals surface area contributed by atoms with E-state index in [4.69, 9.17) is 0 Å². The van der Waals surface area contributed by atoms with E-state index in [1.807, 2.05) is 32.0 Å². The molecule has 1 amide bonds. The third-order valence-corrected chi connectivity index (χ3v) is 3.72. The van der Waals surface area contributed by atoms with Crippen LogP contribution in [0.1, 0.15) is 41.3 Å². The van der Waals surface area contributed by atoms with Crippen molar-refractivity contribution in [2.75, 3.05) is 6.54 Å². The molecule has 0 saturated carbocycles. The Morgan fingerprint density at radius 2 is 2.17 bits per heavy atom. The van der Waals surface area contributed by atoms with Gasteiger partial charge >= 0.3 is 0 Å². The van der Waals surface area contributed by atoms with Gasteiger partial charge in [0.25, 0.3) is 5.91 Å². The summed E-state index contributed by atoms with van der Waals surface area (Å²) >= 11 is 0. The summed E-state index contributed by atoms with van der Waals surface area (Å²) in [6, 6.07) is 6.61. The quantitative estimate of drug-likeness (QED) is 0.839. The van der Waals surface area contributed by atoms with Crippen molar-refractivity contribution >= 4 is 5.91 Å². The van der Waals surface area contributed by atoms with Crippen molar-refractivity contribution in [3.63, 3.8) is 0 Å². The molecular formula is C15H22N2O. The van der Waals surface area contributed by atoms with Gasteiger partial charge in [-0.3, -0.25) is 4.79 Å². The van der Waals surface area contributed by atoms with Gasteiger partial charge < -0.3 is 10.6 Å². The van der Waals surface area contributed by atoms with Crippen molar-refractivity contribution in [3.8, 4) is 0 Å². The van der Waals surface area contributed by atoms with Crippen molar-refractivity contribution in [2.24, 2.45) is 0 Å². The molecule has 98 valence electrons. The van der Waals surface area contributed by atoms with Gasteiger partial charge in [-0.05, 0) is 51.8 Å². The highest BCUT2D eigenvalue weighted by Gasteiger charge is 2.23. The third kappa shape index (κ3) is 2.91. The van der Waals surface area contributed by atoms with Crippen LogP contribution in [0.5, 0.6) is 0 Å². The number of nitrogens with one attached hydrogen (secondary N) is 2. The van der Waals surface area contributed by atoms with Crippen LogP contribution in [0.25, 0.3) is 0 Å². The lowest BCUT2D eigenvalue weighted by atomic mass is 9.98. The van der Waals surface area contributed by atoms with E-state index < -0.39 is 0 Å². The summed E-state index contributed by atoms with van der Waals surface area (Å²) in [6.07, 6.45) is 2.19. The standard InChI is InChI=1S/C15H22N2O/c1-10-6-7-11(2)13(9-10)15(18)17-14-5-4-8-16-12(14)3/h6-7,9,12,14,16H,4-5,8H2,1-3H3,(H,17,18)/t12-,14-/m1/s1. The van der Waals surface area contributed by atoms with Crippen LogP contribution in [0, 0.1) is 13.8 Å². The molecule has 1 heterocycles. The predicted molar refractivity (Wildman–Crippen MR) is 73.9 cm³/mol. The summed E-state index contributed by atoms with van der Waals surface area (Å²) in [5.41, 5.74) is 2.96. The lowest BCUT2D eigenvalue weighted by molar-refractivity contribution is 0.0919. The van der Waals surface area contributed by atoms with E-state index in [0.29, 0.717) is 6.04 Å². The molecule has 1 fully saturated rings. The van der Waals surface area contributed by atoms with Crippen LogP contribution in [0.3, 0.4) is 0 Å².